The monoisotopic (exact) mass is 149 g/mol. The van der Waals surface area contributed by atoms with Crippen LogP contribution in [-0.2, 0) is 0 Å². The summed E-state index contributed by atoms with van der Waals surface area (Å²) in [4.78, 5) is 0. The second-order valence-electron chi connectivity index (χ2n) is 2.90. The van der Waals surface area contributed by atoms with Crippen molar-refractivity contribution in [2.75, 3.05) is 6.54 Å². The van der Waals surface area contributed by atoms with Crippen molar-refractivity contribution in [3.8, 4) is 0 Å². The Balaban J connectivity index is 0.000000405. The average molecular weight is 150 g/mol. The minimum absolute atomic E-state index is 0. The van der Waals surface area contributed by atoms with Crippen molar-refractivity contribution >= 4 is 12.4 Å². The Kier molecular flexibility index (Phi) is 1.99. The summed E-state index contributed by atoms with van der Waals surface area (Å²) in [5.74, 6) is 0.640. The maximum Gasteiger partial charge on any atom is 0.0693 e. The number of hydrogen-bond acceptors (Lipinski definition) is 2. The van der Waals surface area contributed by atoms with Crippen LogP contribution in [-0.4, -0.2) is 23.8 Å². The second kappa shape index (κ2) is 2.45. The number of nitrogens with one attached hydrogen (secondary N) is 1. The molecule has 0 aromatic heterocycles. The van der Waals surface area contributed by atoms with Gasteiger partial charge in [-0.3, -0.25) is 0 Å². The van der Waals surface area contributed by atoms with Crippen LogP contribution in [0, 0.1) is 5.92 Å². The summed E-state index contributed by atoms with van der Waals surface area (Å²) < 4.78 is 0. The smallest absolute Gasteiger partial charge is 0.0693 e. The molecule has 2 N–H and O–H groups in total. The van der Waals surface area contributed by atoms with Gasteiger partial charge in [-0.25, -0.2) is 0 Å². The molecule has 0 radical (unpaired) electrons. The maximum atomic E-state index is 9.15. The van der Waals surface area contributed by atoms with Crippen LogP contribution in [0.4, 0.5) is 0 Å². The van der Waals surface area contributed by atoms with Crippen LogP contribution in [0.1, 0.15) is 12.8 Å². The lowest BCUT2D eigenvalue weighted by Crippen LogP contribution is -2.56. The molecule has 3 heteroatoms. The highest BCUT2D eigenvalue weighted by Crippen LogP contribution is 2.33. The van der Waals surface area contributed by atoms with E-state index in [-0.39, 0.29) is 18.5 Å². The van der Waals surface area contributed by atoms with E-state index in [9.17, 15) is 0 Å². The zero-order chi connectivity index (χ0) is 5.56. The van der Waals surface area contributed by atoms with E-state index in [4.69, 9.17) is 5.11 Å². The summed E-state index contributed by atoms with van der Waals surface area (Å²) in [6.07, 6.45) is 2.38. The highest BCUT2D eigenvalue weighted by molar-refractivity contribution is 5.85. The van der Waals surface area contributed by atoms with Crippen molar-refractivity contribution < 1.29 is 5.11 Å². The Hall–Kier alpha value is 0.210. The molecule has 0 spiro atoms. The molecular weight excluding hydrogens is 138 g/mol. The van der Waals surface area contributed by atoms with Gasteiger partial charge in [-0.15, -0.1) is 12.4 Å². The fourth-order valence-electron chi connectivity index (χ4n) is 1.60. The fraction of sp³-hybridized carbons (Fsp3) is 1.00. The summed E-state index contributed by atoms with van der Waals surface area (Å²) in [5.41, 5.74) is 0. The topological polar surface area (TPSA) is 32.3 Å². The van der Waals surface area contributed by atoms with Crippen LogP contribution < -0.4 is 5.32 Å². The predicted octanol–water partition coefficient (Wildman–Crippen LogP) is 0.151. The second-order valence-corrected chi connectivity index (χ2v) is 2.90. The molecule has 2 nitrogen and oxygen atoms in total. The van der Waals surface area contributed by atoms with Gasteiger partial charge in [0, 0.05) is 12.6 Å². The first-order chi connectivity index (χ1) is 3.86. The third-order valence-corrected chi connectivity index (χ3v) is 2.33. The minimum Gasteiger partial charge on any atom is -0.392 e. The van der Waals surface area contributed by atoms with Gasteiger partial charge in [-0.05, 0) is 18.8 Å². The van der Waals surface area contributed by atoms with Crippen LogP contribution in [0.25, 0.3) is 0 Å². The number of fused-ring (bicyclic) bond motifs is 2. The molecule has 1 unspecified atom stereocenters. The predicted molar refractivity (Wildman–Crippen MR) is 37.8 cm³/mol. The molecule has 3 fully saturated rings. The van der Waals surface area contributed by atoms with Crippen LogP contribution in [0.15, 0.2) is 0 Å². The molecule has 1 saturated carbocycles. The highest BCUT2D eigenvalue weighted by Gasteiger charge is 2.38. The van der Waals surface area contributed by atoms with Gasteiger partial charge in [0.05, 0.1) is 6.10 Å². The Bertz CT molecular complexity index is 97.7. The molecule has 3 rings (SSSR count). The molecule has 2 saturated heterocycles. The number of rotatable bonds is 0. The number of aliphatic hydroxyl groups excluding tert-OH is 1. The molecule has 9 heavy (non-hydrogen) atoms. The highest BCUT2D eigenvalue weighted by atomic mass is 35.5. The largest absolute Gasteiger partial charge is 0.392 e. The van der Waals surface area contributed by atoms with Gasteiger partial charge in [0.2, 0.25) is 0 Å². The Labute approximate surface area is 61.0 Å². The molecule has 1 aliphatic carbocycles. The Morgan fingerprint density at radius 3 is 2.22 bits per heavy atom. The molecular formula is C6H12ClNO. The molecule has 0 amide bonds. The average Bonchev–Trinajstić information content (AvgIpc) is 1.62. The van der Waals surface area contributed by atoms with Crippen molar-refractivity contribution in [1.82, 2.24) is 5.32 Å². The van der Waals surface area contributed by atoms with Crippen molar-refractivity contribution in [1.29, 1.82) is 0 Å². The van der Waals surface area contributed by atoms with Gasteiger partial charge >= 0.3 is 0 Å². The van der Waals surface area contributed by atoms with E-state index < -0.39 is 0 Å². The van der Waals surface area contributed by atoms with Crippen LogP contribution in [0.2, 0.25) is 0 Å². The van der Waals surface area contributed by atoms with Crippen molar-refractivity contribution in [3.63, 3.8) is 0 Å². The van der Waals surface area contributed by atoms with E-state index in [0.717, 1.165) is 12.6 Å². The van der Waals surface area contributed by atoms with Gasteiger partial charge in [0.15, 0.2) is 0 Å². The van der Waals surface area contributed by atoms with Crippen LogP contribution in [0.5, 0.6) is 0 Å². The molecule has 2 bridgehead atoms. The summed E-state index contributed by atoms with van der Waals surface area (Å²) in [6.45, 7) is 0.829. The first-order valence-electron chi connectivity index (χ1n) is 3.28. The maximum absolute atomic E-state index is 9.15. The van der Waals surface area contributed by atoms with Crippen LogP contribution in [0.3, 0.4) is 0 Å². The van der Waals surface area contributed by atoms with Crippen molar-refractivity contribution in [2.24, 2.45) is 5.92 Å². The number of aliphatic hydroxyl groups is 1. The molecule has 54 valence electrons. The summed E-state index contributed by atoms with van der Waals surface area (Å²) in [5, 5.41) is 12.4. The van der Waals surface area contributed by atoms with Gasteiger partial charge in [-0.2, -0.15) is 0 Å². The first-order valence-corrected chi connectivity index (χ1v) is 3.28. The van der Waals surface area contributed by atoms with Crippen molar-refractivity contribution in [2.45, 2.75) is 25.0 Å². The van der Waals surface area contributed by atoms with Gasteiger partial charge < -0.3 is 10.4 Å². The lowest BCUT2D eigenvalue weighted by molar-refractivity contribution is -0.00112. The molecule has 0 aromatic carbocycles. The zero-order valence-electron chi connectivity index (χ0n) is 5.21. The summed E-state index contributed by atoms with van der Waals surface area (Å²) in [6, 6.07) is 0.753. The molecule has 3 aliphatic rings. The summed E-state index contributed by atoms with van der Waals surface area (Å²) >= 11 is 0. The normalized spacial score (nSPS) is 47.0. The quantitative estimate of drug-likeness (QED) is 0.514. The van der Waals surface area contributed by atoms with Crippen molar-refractivity contribution in [3.05, 3.63) is 0 Å². The number of hydrogen-bond donors (Lipinski definition) is 2. The Morgan fingerprint density at radius 2 is 2.00 bits per heavy atom. The molecule has 1 atom stereocenters. The minimum atomic E-state index is -0.0417. The van der Waals surface area contributed by atoms with Gasteiger partial charge in [0.25, 0.3) is 0 Å². The van der Waals surface area contributed by atoms with E-state index in [1.54, 1.807) is 0 Å². The molecule has 0 aromatic rings. The molecule has 2 aliphatic heterocycles. The lowest BCUT2D eigenvalue weighted by Gasteiger charge is -2.44. The van der Waals surface area contributed by atoms with E-state index in [0.29, 0.717) is 5.92 Å². The standard InChI is InChI=1S/C6H11NO.ClH/c8-6-3-7-5-1-4(6)2-5;/h4-8H,1-3H2;1H. The van der Waals surface area contributed by atoms with E-state index in [1.807, 2.05) is 0 Å². The summed E-state index contributed by atoms with van der Waals surface area (Å²) in [7, 11) is 0. The van der Waals surface area contributed by atoms with E-state index >= 15 is 0 Å². The fourth-order valence-corrected chi connectivity index (χ4v) is 1.60. The van der Waals surface area contributed by atoms with Crippen LogP contribution >= 0.6 is 12.4 Å². The third kappa shape index (κ3) is 1.07. The van der Waals surface area contributed by atoms with Gasteiger partial charge in [-0.1, -0.05) is 0 Å². The third-order valence-electron chi connectivity index (χ3n) is 2.33. The Morgan fingerprint density at radius 1 is 1.33 bits per heavy atom. The first kappa shape index (κ1) is 7.32. The number of halogens is 1. The zero-order valence-corrected chi connectivity index (χ0v) is 6.03. The number of piperidine rings is 2. The molecule has 2 heterocycles. The SMILES string of the molecule is Cl.OC1CNC2CC1C2. The van der Waals surface area contributed by atoms with E-state index in [2.05, 4.69) is 5.32 Å². The van der Waals surface area contributed by atoms with E-state index in [1.165, 1.54) is 12.8 Å². The lowest BCUT2D eigenvalue weighted by atomic mass is 9.73. The van der Waals surface area contributed by atoms with Gasteiger partial charge in [0.1, 0.15) is 0 Å².